The minimum absolute atomic E-state index is 0.529. The van der Waals surface area contributed by atoms with Crippen LogP contribution in [0.2, 0.25) is 0 Å². The van der Waals surface area contributed by atoms with Crippen LogP contribution in [0.3, 0.4) is 0 Å². The molecule has 0 aliphatic heterocycles. The molecule has 0 heterocycles. The van der Waals surface area contributed by atoms with E-state index in [4.69, 9.17) is 0 Å². The topological polar surface area (TPSA) is 15.3 Å². The monoisotopic (exact) mass is 276 g/mol. The fourth-order valence-electron chi connectivity index (χ4n) is 2.45. The van der Waals surface area contributed by atoms with E-state index < -0.39 is 0 Å². The maximum absolute atomic E-state index is 3.53. The van der Waals surface area contributed by atoms with Gasteiger partial charge in [-0.25, -0.2) is 0 Å². The third-order valence-electron chi connectivity index (χ3n) is 4.32. The molecule has 0 saturated carbocycles. The quantitative estimate of drug-likeness (QED) is 0.693. The van der Waals surface area contributed by atoms with Crippen LogP contribution in [-0.2, 0) is 0 Å². The molecule has 0 aliphatic rings. The minimum atomic E-state index is 0.529. The SMILES string of the molecule is CCC(C)Nc1ccc(N(C(C)CC)C(C)CC)cc1. The standard InChI is InChI=1S/C18H32N2/c1-7-14(4)19-17-10-12-18(13-11-17)20(15(5)8-2)16(6)9-3/h10-16,19H,7-9H2,1-6H3. The third-order valence-corrected chi connectivity index (χ3v) is 4.32. The zero-order valence-electron chi connectivity index (χ0n) is 14.1. The molecule has 1 N–H and O–H groups in total. The van der Waals surface area contributed by atoms with Gasteiger partial charge in [0, 0.05) is 29.5 Å². The van der Waals surface area contributed by atoms with E-state index >= 15 is 0 Å². The number of benzene rings is 1. The summed E-state index contributed by atoms with van der Waals surface area (Å²) in [6.45, 7) is 13.6. The van der Waals surface area contributed by atoms with E-state index in [-0.39, 0.29) is 0 Å². The van der Waals surface area contributed by atoms with Gasteiger partial charge in [0.15, 0.2) is 0 Å². The molecule has 2 nitrogen and oxygen atoms in total. The highest BCUT2D eigenvalue weighted by Crippen LogP contribution is 2.25. The molecule has 3 atom stereocenters. The molecule has 0 bridgehead atoms. The highest BCUT2D eigenvalue weighted by Gasteiger charge is 2.18. The van der Waals surface area contributed by atoms with Crippen LogP contribution in [0, 0.1) is 0 Å². The molecular formula is C18H32N2. The first-order chi connectivity index (χ1) is 9.53. The highest BCUT2D eigenvalue weighted by molar-refractivity contribution is 5.56. The smallest absolute Gasteiger partial charge is 0.0372 e. The van der Waals surface area contributed by atoms with Crippen LogP contribution in [-0.4, -0.2) is 18.1 Å². The van der Waals surface area contributed by atoms with Gasteiger partial charge in [-0.15, -0.1) is 0 Å². The summed E-state index contributed by atoms with van der Waals surface area (Å²) in [4.78, 5) is 2.55. The van der Waals surface area contributed by atoms with Crippen molar-refractivity contribution < 1.29 is 0 Å². The van der Waals surface area contributed by atoms with E-state index in [0.29, 0.717) is 18.1 Å². The molecule has 1 aromatic rings. The summed E-state index contributed by atoms with van der Waals surface area (Å²) in [7, 11) is 0. The number of anilines is 2. The van der Waals surface area contributed by atoms with Crippen LogP contribution in [0.15, 0.2) is 24.3 Å². The van der Waals surface area contributed by atoms with Gasteiger partial charge in [-0.05, 0) is 64.3 Å². The van der Waals surface area contributed by atoms with Crippen LogP contribution in [0.5, 0.6) is 0 Å². The zero-order chi connectivity index (χ0) is 15.1. The average molecular weight is 276 g/mol. The van der Waals surface area contributed by atoms with E-state index in [1.165, 1.54) is 24.2 Å². The molecule has 1 rings (SSSR count). The number of hydrogen-bond donors (Lipinski definition) is 1. The molecule has 0 aliphatic carbocycles. The van der Waals surface area contributed by atoms with Gasteiger partial charge in [0.1, 0.15) is 0 Å². The Morgan fingerprint density at radius 2 is 1.35 bits per heavy atom. The van der Waals surface area contributed by atoms with Crippen LogP contribution in [0.4, 0.5) is 11.4 Å². The molecule has 2 heteroatoms. The molecule has 0 amide bonds. The van der Waals surface area contributed by atoms with Crippen molar-refractivity contribution >= 4 is 11.4 Å². The Bertz CT molecular complexity index is 362. The maximum Gasteiger partial charge on any atom is 0.0372 e. The van der Waals surface area contributed by atoms with E-state index in [1.807, 2.05) is 0 Å². The Morgan fingerprint density at radius 1 is 0.850 bits per heavy atom. The largest absolute Gasteiger partial charge is 0.383 e. The third kappa shape index (κ3) is 4.43. The van der Waals surface area contributed by atoms with Crippen molar-refractivity contribution in [3.8, 4) is 0 Å². The Kier molecular flexibility index (Phi) is 6.90. The van der Waals surface area contributed by atoms with Crippen molar-refractivity contribution in [3.05, 3.63) is 24.3 Å². The van der Waals surface area contributed by atoms with Crippen molar-refractivity contribution in [2.45, 2.75) is 78.9 Å². The second-order valence-corrected chi connectivity index (χ2v) is 5.92. The van der Waals surface area contributed by atoms with Gasteiger partial charge in [-0.2, -0.15) is 0 Å². The van der Waals surface area contributed by atoms with Crippen molar-refractivity contribution in [1.82, 2.24) is 0 Å². The first kappa shape index (κ1) is 16.9. The lowest BCUT2D eigenvalue weighted by molar-refractivity contribution is 0.527. The van der Waals surface area contributed by atoms with E-state index in [0.717, 1.165) is 6.42 Å². The molecule has 0 spiro atoms. The highest BCUT2D eigenvalue weighted by atomic mass is 15.2. The zero-order valence-corrected chi connectivity index (χ0v) is 14.1. The van der Waals surface area contributed by atoms with Gasteiger partial charge < -0.3 is 10.2 Å². The lowest BCUT2D eigenvalue weighted by Gasteiger charge is -2.36. The van der Waals surface area contributed by atoms with E-state index in [1.54, 1.807) is 0 Å². The van der Waals surface area contributed by atoms with Gasteiger partial charge in [-0.3, -0.25) is 0 Å². The molecule has 114 valence electrons. The van der Waals surface area contributed by atoms with Gasteiger partial charge in [0.2, 0.25) is 0 Å². The molecule has 0 radical (unpaired) electrons. The summed E-state index contributed by atoms with van der Waals surface area (Å²) in [5, 5.41) is 3.53. The first-order valence-corrected chi connectivity index (χ1v) is 8.18. The Labute approximate surface area is 125 Å². The fourth-order valence-corrected chi connectivity index (χ4v) is 2.45. The molecular weight excluding hydrogens is 244 g/mol. The fraction of sp³-hybridized carbons (Fsp3) is 0.667. The van der Waals surface area contributed by atoms with E-state index in [2.05, 4.69) is 76.0 Å². The minimum Gasteiger partial charge on any atom is -0.383 e. The predicted molar refractivity (Wildman–Crippen MR) is 91.8 cm³/mol. The summed E-state index contributed by atoms with van der Waals surface area (Å²) in [6.07, 6.45) is 3.50. The second kappa shape index (κ2) is 8.18. The first-order valence-electron chi connectivity index (χ1n) is 8.18. The molecule has 20 heavy (non-hydrogen) atoms. The van der Waals surface area contributed by atoms with Crippen molar-refractivity contribution in [2.75, 3.05) is 10.2 Å². The second-order valence-electron chi connectivity index (χ2n) is 5.92. The van der Waals surface area contributed by atoms with Crippen molar-refractivity contribution in [2.24, 2.45) is 0 Å². The summed E-state index contributed by atoms with van der Waals surface area (Å²) in [5.74, 6) is 0. The maximum atomic E-state index is 3.53. The average Bonchev–Trinajstić information content (AvgIpc) is 2.48. The van der Waals surface area contributed by atoms with Crippen molar-refractivity contribution in [1.29, 1.82) is 0 Å². The number of rotatable bonds is 8. The van der Waals surface area contributed by atoms with Gasteiger partial charge in [0.05, 0.1) is 0 Å². The van der Waals surface area contributed by atoms with Crippen molar-refractivity contribution in [3.63, 3.8) is 0 Å². The normalized spacial score (nSPS) is 15.5. The van der Waals surface area contributed by atoms with Gasteiger partial charge >= 0.3 is 0 Å². The summed E-state index contributed by atoms with van der Waals surface area (Å²) >= 11 is 0. The molecule has 0 fully saturated rings. The Morgan fingerprint density at radius 3 is 1.75 bits per heavy atom. The van der Waals surface area contributed by atoms with Crippen LogP contribution in [0.1, 0.15) is 60.8 Å². The molecule has 1 aromatic carbocycles. The summed E-state index contributed by atoms with van der Waals surface area (Å²) in [6, 6.07) is 10.6. The molecule has 0 aromatic heterocycles. The van der Waals surface area contributed by atoms with Gasteiger partial charge in [-0.1, -0.05) is 20.8 Å². The number of hydrogen-bond acceptors (Lipinski definition) is 2. The predicted octanol–water partition coefficient (Wildman–Crippen LogP) is 5.30. The molecule has 0 saturated heterocycles. The molecule has 3 unspecified atom stereocenters. The Balaban J connectivity index is 2.87. The summed E-state index contributed by atoms with van der Waals surface area (Å²) < 4.78 is 0. The van der Waals surface area contributed by atoms with Crippen LogP contribution >= 0.6 is 0 Å². The Hall–Kier alpha value is -1.18. The van der Waals surface area contributed by atoms with Crippen LogP contribution < -0.4 is 10.2 Å². The summed E-state index contributed by atoms with van der Waals surface area (Å²) in [5.41, 5.74) is 2.56. The lowest BCUT2D eigenvalue weighted by Crippen LogP contribution is -2.39. The van der Waals surface area contributed by atoms with Crippen LogP contribution in [0.25, 0.3) is 0 Å². The number of nitrogens with one attached hydrogen (secondary N) is 1. The lowest BCUT2D eigenvalue weighted by atomic mass is 10.1. The van der Waals surface area contributed by atoms with E-state index in [9.17, 15) is 0 Å². The number of nitrogens with zero attached hydrogens (tertiary/aromatic N) is 1. The van der Waals surface area contributed by atoms with Gasteiger partial charge in [0.25, 0.3) is 0 Å².